The lowest BCUT2D eigenvalue weighted by Gasteiger charge is -2.51. The van der Waals surface area contributed by atoms with Crippen LogP contribution in [0.5, 0.6) is 0 Å². The highest BCUT2D eigenvalue weighted by atomic mass is 16.6. The lowest BCUT2D eigenvalue weighted by Crippen LogP contribution is -2.48. The summed E-state index contributed by atoms with van der Waals surface area (Å²) in [4.78, 5) is 25.0. The van der Waals surface area contributed by atoms with Crippen molar-refractivity contribution in [2.24, 2.45) is 35.5 Å². The Kier molecular flexibility index (Phi) is 3.45. The molecule has 128 valence electrons. The first-order valence-electron chi connectivity index (χ1n) is 9.67. The predicted molar refractivity (Wildman–Crippen MR) is 89.1 cm³/mol. The topological polar surface area (TPSA) is 52.6 Å². The van der Waals surface area contributed by atoms with E-state index < -0.39 is 0 Å². The van der Waals surface area contributed by atoms with E-state index in [1.165, 1.54) is 19.3 Å². The van der Waals surface area contributed by atoms with Crippen molar-refractivity contribution in [2.75, 3.05) is 7.11 Å². The van der Waals surface area contributed by atoms with Gasteiger partial charge >= 0.3 is 11.9 Å². The first-order valence-corrected chi connectivity index (χ1v) is 9.67. The highest BCUT2D eigenvalue weighted by Gasteiger charge is 2.60. The molecule has 5 rings (SSSR count). The van der Waals surface area contributed by atoms with Crippen molar-refractivity contribution in [1.82, 2.24) is 0 Å². The van der Waals surface area contributed by atoms with Crippen molar-refractivity contribution < 1.29 is 19.0 Å². The second-order valence-electron chi connectivity index (χ2n) is 8.62. The molecule has 5 aliphatic rings. The van der Waals surface area contributed by atoms with Crippen LogP contribution in [-0.4, -0.2) is 26.0 Å². The van der Waals surface area contributed by atoms with Crippen LogP contribution < -0.4 is 0 Å². The molecular weight excluding hydrogens is 303 g/mol. The molecule has 0 radical (unpaired) electrons. The van der Waals surface area contributed by atoms with E-state index in [1.807, 2.05) is 0 Å². The molecule has 0 N–H and O–H groups in total. The summed E-state index contributed by atoms with van der Waals surface area (Å²) < 4.78 is 10.8. The Bertz CT molecular complexity index is 627. The van der Waals surface area contributed by atoms with Crippen LogP contribution in [0.15, 0.2) is 11.1 Å². The summed E-state index contributed by atoms with van der Waals surface area (Å²) in [5.41, 5.74) is 3.10. The Balaban J connectivity index is 1.61. The fraction of sp³-hybridized carbons (Fsp3) is 0.789. The Morgan fingerprint density at radius 1 is 1.04 bits per heavy atom. The molecule has 2 bridgehead atoms. The molecular formula is C19H25BO4. The Morgan fingerprint density at radius 2 is 1.88 bits per heavy atom. The number of ether oxygens (including phenoxy) is 1. The van der Waals surface area contributed by atoms with Crippen molar-refractivity contribution in [2.45, 2.75) is 51.2 Å². The van der Waals surface area contributed by atoms with Crippen LogP contribution in [0.2, 0.25) is 12.6 Å². The number of hydrogen-bond acceptors (Lipinski definition) is 4. The fourth-order valence-electron chi connectivity index (χ4n) is 6.81. The van der Waals surface area contributed by atoms with E-state index in [0.717, 1.165) is 31.9 Å². The average Bonchev–Trinajstić information content (AvgIpc) is 2.89. The van der Waals surface area contributed by atoms with Gasteiger partial charge in [-0.3, -0.25) is 9.59 Å². The van der Waals surface area contributed by atoms with Gasteiger partial charge in [0.15, 0.2) is 0 Å². The van der Waals surface area contributed by atoms with E-state index in [4.69, 9.17) is 9.39 Å². The van der Waals surface area contributed by atoms with Crippen LogP contribution in [-0.2, 0) is 19.0 Å². The monoisotopic (exact) mass is 328 g/mol. The average molecular weight is 328 g/mol. The van der Waals surface area contributed by atoms with Crippen LogP contribution in [0.25, 0.3) is 0 Å². The van der Waals surface area contributed by atoms with Crippen LogP contribution in [0.4, 0.5) is 0 Å². The van der Waals surface area contributed by atoms with Crippen LogP contribution in [0.3, 0.4) is 0 Å². The summed E-state index contributed by atoms with van der Waals surface area (Å²) in [5, 5.41) is 0. The summed E-state index contributed by atoms with van der Waals surface area (Å²) in [5.74, 6) is 0.823. The van der Waals surface area contributed by atoms with Crippen LogP contribution in [0.1, 0.15) is 38.5 Å². The van der Waals surface area contributed by atoms with Gasteiger partial charge < -0.3 is 9.39 Å². The third-order valence-electron chi connectivity index (χ3n) is 7.57. The van der Waals surface area contributed by atoms with E-state index >= 15 is 0 Å². The number of carbonyl (C=O) groups excluding carboxylic acids is 2. The van der Waals surface area contributed by atoms with Crippen molar-refractivity contribution in [3.05, 3.63) is 11.1 Å². The van der Waals surface area contributed by atoms with Crippen molar-refractivity contribution >= 4 is 18.9 Å². The normalized spacial score (nSPS) is 44.0. The summed E-state index contributed by atoms with van der Waals surface area (Å²) >= 11 is 0. The molecule has 5 heteroatoms. The largest absolute Gasteiger partial charge is 0.438 e. The van der Waals surface area contributed by atoms with Gasteiger partial charge in [-0.15, -0.1) is 0 Å². The van der Waals surface area contributed by atoms with Crippen molar-refractivity contribution in [1.29, 1.82) is 0 Å². The Labute approximate surface area is 143 Å². The molecule has 0 aromatic rings. The minimum absolute atomic E-state index is 0.193. The second-order valence-corrected chi connectivity index (χ2v) is 8.62. The highest BCUT2D eigenvalue weighted by molar-refractivity contribution is 6.52. The van der Waals surface area contributed by atoms with Gasteiger partial charge in [0.25, 0.3) is 6.92 Å². The molecule has 2 saturated carbocycles. The number of hydrogen-bond donors (Lipinski definition) is 0. The van der Waals surface area contributed by atoms with Crippen molar-refractivity contribution in [3.8, 4) is 0 Å². The summed E-state index contributed by atoms with van der Waals surface area (Å²) in [6.07, 6.45) is 9.10. The lowest BCUT2D eigenvalue weighted by molar-refractivity contribution is -0.154. The number of esters is 2. The first kappa shape index (κ1) is 15.2. The molecule has 6 atom stereocenters. The molecule has 0 unspecified atom stereocenters. The quantitative estimate of drug-likeness (QED) is 0.321. The zero-order valence-corrected chi connectivity index (χ0v) is 14.3. The molecule has 0 aromatic heterocycles. The lowest BCUT2D eigenvalue weighted by atomic mass is 9.42. The van der Waals surface area contributed by atoms with E-state index in [-0.39, 0.29) is 35.6 Å². The smallest absolute Gasteiger partial charge is 0.318 e. The van der Waals surface area contributed by atoms with Gasteiger partial charge in [-0.25, -0.2) is 0 Å². The maximum absolute atomic E-state index is 12.6. The molecule has 4 fully saturated rings. The second kappa shape index (κ2) is 5.45. The zero-order chi connectivity index (χ0) is 16.4. The molecule has 0 aromatic carbocycles. The number of fused-ring (bicyclic) bond motifs is 8. The van der Waals surface area contributed by atoms with E-state index in [9.17, 15) is 9.59 Å². The zero-order valence-electron chi connectivity index (χ0n) is 14.3. The number of carbonyl (C=O) groups is 2. The molecule has 24 heavy (non-hydrogen) atoms. The molecule has 2 aliphatic heterocycles. The summed E-state index contributed by atoms with van der Waals surface area (Å²) in [6.45, 7) is 0.316. The molecule has 3 aliphatic carbocycles. The maximum atomic E-state index is 12.6. The fourth-order valence-corrected chi connectivity index (χ4v) is 6.81. The third kappa shape index (κ3) is 2.03. The first-order chi connectivity index (χ1) is 11.7. The third-order valence-corrected chi connectivity index (χ3v) is 7.57. The van der Waals surface area contributed by atoms with Gasteiger partial charge in [0.2, 0.25) is 0 Å². The molecule has 4 nitrogen and oxygen atoms in total. The molecule has 2 heterocycles. The Morgan fingerprint density at radius 3 is 2.71 bits per heavy atom. The highest BCUT2D eigenvalue weighted by Crippen LogP contribution is 2.60. The van der Waals surface area contributed by atoms with Gasteiger partial charge in [-0.05, 0) is 68.4 Å². The van der Waals surface area contributed by atoms with Gasteiger partial charge in [-0.1, -0.05) is 17.6 Å². The number of cyclic esters (lactones) is 2. The van der Waals surface area contributed by atoms with Gasteiger partial charge in [0.05, 0.1) is 11.8 Å². The molecule has 2 saturated heterocycles. The molecule has 0 spiro atoms. The van der Waals surface area contributed by atoms with E-state index in [2.05, 4.69) is 0 Å². The van der Waals surface area contributed by atoms with Crippen LogP contribution >= 0.6 is 0 Å². The SMILES string of the molecule is COB1C[C@H]2CC3=C4CCCC[C@@H]4[C@@H]4C(=O)OC(=O)[C@@H]4[C@@H]3[C@@H](C1)C2. The summed E-state index contributed by atoms with van der Waals surface area (Å²) in [7, 11) is 1.80. The van der Waals surface area contributed by atoms with Gasteiger partial charge in [0.1, 0.15) is 0 Å². The van der Waals surface area contributed by atoms with Gasteiger partial charge in [0, 0.05) is 7.11 Å². The predicted octanol–water partition coefficient (Wildman–Crippen LogP) is 3.10. The van der Waals surface area contributed by atoms with Crippen molar-refractivity contribution in [3.63, 3.8) is 0 Å². The van der Waals surface area contributed by atoms with Gasteiger partial charge in [-0.2, -0.15) is 0 Å². The number of rotatable bonds is 1. The summed E-state index contributed by atoms with van der Waals surface area (Å²) in [6, 6.07) is 0. The Hall–Kier alpha value is -1.10. The molecule has 0 amide bonds. The minimum Gasteiger partial charge on any atom is -0.438 e. The maximum Gasteiger partial charge on any atom is 0.318 e. The van der Waals surface area contributed by atoms with E-state index in [1.54, 1.807) is 18.3 Å². The number of allylic oxidation sites excluding steroid dienone is 2. The standard InChI is InChI=1S/C19H25BO4/c1-23-20-8-10-6-11(9-20)15-14(7-10)12-4-2-3-5-13(12)16-17(15)19(22)24-18(16)21/h10-11,13,15-17H,2-9H2,1H3/t10-,11-,13+,15-,16+,17-/m1/s1. The minimum atomic E-state index is -0.241. The van der Waals surface area contributed by atoms with Crippen LogP contribution in [0, 0.1) is 35.5 Å². The van der Waals surface area contributed by atoms with E-state index in [0.29, 0.717) is 18.8 Å².